The maximum absolute atomic E-state index is 13.1. The SMILES string of the molecule is CC(Nc1c(Cl)cc(F)cc1Br)c1ccc(C(=O)O)o1. The summed E-state index contributed by atoms with van der Waals surface area (Å²) in [6, 6.07) is 5.07. The van der Waals surface area contributed by atoms with Crippen molar-refractivity contribution in [3.05, 3.63) is 51.1 Å². The fraction of sp³-hybridized carbons (Fsp3) is 0.154. The number of benzene rings is 1. The molecule has 1 heterocycles. The van der Waals surface area contributed by atoms with Gasteiger partial charge in [-0.3, -0.25) is 0 Å². The van der Waals surface area contributed by atoms with Crippen molar-refractivity contribution >= 4 is 39.2 Å². The molecule has 20 heavy (non-hydrogen) atoms. The number of furan rings is 1. The molecule has 0 aliphatic carbocycles. The van der Waals surface area contributed by atoms with Crippen molar-refractivity contribution in [3.8, 4) is 0 Å². The van der Waals surface area contributed by atoms with Crippen molar-refractivity contribution in [1.29, 1.82) is 0 Å². The lowest BCUT2D eigenvalue weighted by Gasteiger charge is -2.16. The third-order valence-corrected chi connectivity index (χ3v) is 3.56. The summed E-state index contributed by atoms with van der Waals surface area (Å²) in [6.07, 6.45) is 0. The summed E-state index contributed by atoms with van der Waals surface area (Å²) >= 11 is 9.18. The highest BCUT2D eigenvalue weighted by Crippen LogP contribution is 2.34. The average molecular weight is 363 g/mol. The van der Waals surface area contributed by atoms with Crippen molar-refractivity contribution in [2.24, 2.45) is 0 Å². The van der Waals surface area contributed by atoms with Crippen LogP contribution in [-0.4, -0.2) is 11.1 Å². The number of hydrogen-bond acceptors (Lipinski definition) is 3. The van der Waals surface area contributed by atoms with E-state index >= 15 is 0 Å². The fourth-order valence-electron chi connectivity index (χ4n) is 1.67. The molecule has 0 aliphatic rings. The summed E-state index contributed by atoms with van der Waals surface area (Å²) in [4.78, 5) is 10.8. The van der Waals surface area contributed by atoms with Crippen LogP contribution < -0.4 is 5.32 Å². The highest BCUT2D eigenvalue weighted by Gasteiger charge is 2.16. The molecule has 2 aromatic rings. The topological polar surface area (TPSA) is 62.5 Å². The van der Waals surface area contributed by atoms with Crippen molar-refractivity contribution in [3.63, 3.8) is 0 Å². The van der Waals surface area contributed by atoms with Crippen LogP contribution in [-0.2, 0) is 0 Å². The summed E-state index contributed by atoms with van der Waals surface area (Å²) in [5, 5.41) is 12.1. The molecule has 0 saturated carbocycles. The third kappa shape index (κ3) is 3.13. The molecule has 2 N–H and O–H groups in total. The van der Waals surface area contributed by atoms with Crippen LogP contribution in [0.2, 0.25) is 5.02 Å². The van der Waals surface area contributed by atoms with Gasteiger partial charge in [-0.15, -0.1) is 0 Å². The van der Waals surface area contributed by atoms with E-state index in [4.69, 9.17) is 21.1 Å². The smallest absolute Gasteiger partial charge is 0.371 e. The van der Waals surface area contributed by atoms with Gasteiger partial charge >= 0.3 is 5.97 Å². The minimum Gasteiger partial charge on any atom is -0.475 e. The van der Waals surface area contributed by atoms with E-state index in [1.807, 2.05) is 0 Å². The molecular weight excluding hydrogens is 353 g/mol. The Kier molecular flexibility index (Phi) is 4.35. The standard InChI is InChI=1S/C13H10BrClFNO3/c1-6(10-2-3-11(20-10)13(18)19)17-12-8(14)4-7(16)5-9(12)15/h2-6,17H,1H3,(H,18,19). The maximum atomic E-state index is 13.1. The minimum atomic E-state index is -1.13. The van der Waals surface area contributed by atoms with E-state index < -0.39 is 11.8 Å². The van der Waals surface area contributed by atoms with Crippen LogP contribution in [0.3, 0.4) is 0 Å². The van der Waals surface area contributed by atoms with E-state index in [0.29, 0.717) is 15.9 Å². The molecule has 1 atom stereocenters. The number of rotatable bonds is 4. The second kappa shape index (κ2) is 5.85. The van der Waals surface area contributed by atoms with Crippen LogP contribution in [0.4, 0.5) is 10.1 Å². The van der Waals surface area contributed by atoms with Gasteiger partial charge in [-0.2, -0.15) is 0 Å². The number of aromatic carboxylic acids is 1. The molecule has 0 spiro atoms. The Morgan fingerprint density at radius 1 is 1.50 bits per heavy atom. The second-order valence-corrected chi connectivity index (χ2v) is 5.38. The van der Waals surface area contributed by atoms with Crippen molar-refractivity contribution < 1.29 is 18.7 Å². The number of carboxylic acid groups (broad SMARTS) is 1. The largest absolute Gasteiger partial charge is 0.475 e. The van der Waals surface area contributed by atoms with Crippen molar-refractivity contribution in [2.75, 3.05) is 5.32 Å². The number of anilines is 1. The molecule has 0 radical (unpaired) electrons. The first-order valence-corrected chi connectivity index (χ1v) is 6.79. The molecule has 2 rings (SSSR count). The Balaban J connectivity index is 2.23. The molecule has 1 aromatic carbocycles. The molecule has 7 heteroatoms. The number of hydrogen-bond donors (Lipinski definition) is 2. The molecule has 106 valence electrons. The Hall–Kier alpha value is -1.53. The maximum Gasteiger partial charge on any atom is 0.371 e. The molecule has 0 aliphatic heterocycles. The van der Waals surface area contributed by atoms with Crippen LogP contribution in [0.15, 0.2) is 33.2 Å². The molecule has 0 bridgehead atoms. The molecular formula is C13H10BrClFNO3. The van der Waals surface area contributed by atoms with E-state index in [1.165, 1.54) is 18.2 Å². The van der Waals surface area contributed by atoms with Crippen LogP contribution >= 0.6 is 27.5 Å². The number of nitrogens with one attached hydrogen (secondary N) is 1. The van der Waals surface area contributed by atoms with Crippen LogP contribution in [0, 0.1) is 5.82 Å². The lowest BCUT2D eigenvalue weighted by Crippen LogP contribution is -2.07. The predicted octanol–water partition coefficient (Wildman–Crippen LogP) is 4.71. The van der Waals surface area contributed by atoms with E-state index in [-0.39, 0.29) is 16.8 Å². The Bertz CT molecular complexity index is 636. The van der Waals surface area contributed by atoms with Crippen LogP contribution in [0.1, 0.15) is 29.3 Å². The monoisotopic (exact) mass is 361 g/mol. The molecule has 0 saturated heterocycles. The fourth-order valence-corrected chi connectivity index (χ4v) is 2.59. The van der Waals surface area contributed by atoms with Gasteiger partial charge < -0.3 is 14.8 Å². The van der Waals surface area contributed by atoms with Gasteiger partial charge in [0, 0.05) is 4.47 Å². The highest BCUT2D eigenvalue weighted by molar-refractivity contribution is 9.10. The lowest BCUT2D eigenvalue weighted by molar-refractivity contribution is 0.0660. The molecule has 0 amide bonds. The first-order valence-electron chi connectivity index (χ1n) is 5.62. The molecule has 4 nitrogen and oxygen atoms in total. The van der Waals surface area contributed by atoms with E-state index in [2.05, 4.69) is 21.2 Å². The van der Waals surface area contributed by atoms with E-state index in [1.54, 1.807) is 13.0 Å². The number of carboxylic acids is 1. The van der Waals surface area contributed by atoms with E-state index in [0.717, 1.165) is 0 Å². The minimum absolute atomic E-state index is 0.141. The average Bonchev–Trinajstić information content (AvgIpc) is 2.83. The summed E-state index contributed by atoms with van der Waals surface area (Å²) in [6.45, 7) is 1.77. The Labute approximate surface area is 127 Å². The van der Waals surface area contributed by atoms with Gasteiger partial charge in [-0.05, 0) is 47.1 Å². The quantitative estimate of drug-likeness (QED) is 0.827. The Morgan fingerprint density at radius 2 is 2.20 bits per heavy atom. The summed E-state index contributed by atoms with van der Waals surface area (Å²) in [5.41, 5.74) is 0.508. The Morgan fingerprint density at radius 3 is 2.75 bits per heavy atom. The van der Waals surface area contributed by atoms with Gasteiger partial charge in [0.05, 0.1) is 16.8 Å². The van der Waals surface area contributed by atoms with Gasteiger partial charge in [0.2, 0.25) is 5.76 Å². The number of carbonyl (C=O) groups is 1. The van der Waals surface area contributed by atoms with Crippen molar-refractivity contribution in [2.45, 2.75) is 13.0 Å². The zero-order chi connectivity index (χ0) is 14.9. The number of halogens is 3. The second-order valence-electron chi connectivity index (χ2n) is 4.12. The zero-order valence-corrected chi connectivity index (χ0v) is 12.6. The van der Waals surface area contributed by atoms with Crippen molar-refractivity contribution in [1.82, 2.24) is 0 Å². The summed E-state index contributed by atoms with van der Waals surface area (Å²) < 4.78 is 18.8. The van der Waals surface area contributed by atoms with Gasteiger partial charge in [-0.1, -0.05) is 11.6 Å². The summed E-state index contributed by atoms with van der Waals surface area (Å²) in [7, 11) is 0. The first-order chi connectivity index (χ1) is 9.38. The van der Waals surface area contributed by atoms with Gasteiger partial charge in [0.25, 0.3) is 0 Å². The summed E-state index contributed by atoms with van der Waals surface area (Å²) in [5.74, 6) is -1.29. The van der Waals surface area contributed by atoms with Crippen LogP contribution in [0.5, 0.6) is 0 Å². The molecule has 1 unspecified atom stereocenters. The molecule has 1 aromatic heterocycles. The van der Waals surface area contributed by atoms with E-state index in [9.17, 15) is 9.18 Å². The first kappa shape index (κ1) is 14.9. The third-order valence-electron chi connectivity index (χ3n) is 2.63. The zero-order valence-electron chi connectivity index (χ0n) is 10.3. The normalized spacial score (nSPS) is 12.2. The van der Waals surface area contributed by atoms with Gasteiger partial charge in [-0.25, -0.2) is 9.18 Å². The lowest BCUT2D eigenvalue weighted by atomic mass is 10.2. The van der Waals surface area contributed by atoms with Gasteiger partial charge in [0.1, 0.15) is 11.6 Å². The van der Waals surface area contributed by atoms with Gasteiger partial charge in [0.15, 0.2) is 0 Å². The predicted molar refractivity (Wildman–Crippen MR) is 76.8 cm³/mol. The van der Waals surface area contributed by atoms with Crippen LogP contribution in [0.25, 0.3) is 0 Å². The highest BCUT2D eigenvalue weighted by atomic mass is 79.9. The molecule has 0 fully saturated rings.